The lowest BCUT2D eigenvalue weighted by Gasteiger charge is -2.10. The maximum absolute atomic E-state index is 5.34. The van der Waals surface area contributed by atoms with E-state index >= 15 is 0 Å². The summed E-state index contributed by atoms with van der Waals surface area (Å²) in [6.45, 7) is 0.0153. The molecule has 0 unspecified atom stereocenters. The summed E-state index contributed by atoms with van der Waals surface area (Å²) in [5, 5.41) is 0.799. The number of ether oxygens (including phenoxy) is 2. The molecule has 0 amide bonds. The molecule has 0 radical (unpaired) electrons. The van der Waals surface area contributed by atoms with Crippen molar-refractivity contribution in [2.75, 3.05) is 6.79 Å². The van der Waals surface area contributed by atoms with Gasteiger partial charge in [0.2, 0.25) is 6.79 Å². The molecule has 0 N–H and O–H groups in total. The summed E-state index contributed by atoms with van der Waals surface area (Å²) < 4.78 is 10.7. The fourth-order valence-corrected chi connectivity index (χ4v) is 1.82. The van der Waals surface area contributed by atoms with Gasteiger partial charge < -0.3 is 9.47 Å². The zero-order valence-corrected chi connectivity index (χ0v) is 11.7. The van der Waals surface area contributed by atoms with Crippen LogP contribution in [-0.2, 0) is 9.47 Å². The lowest BCUT2D eigenvalue weighted by Crippen LogP contribution is -2.11. The van der Waals surface area contributed by atoms with E-state index in [1.807, 2.05) is 60.7 Å². The van der Waals surface area contributed by atoms with Gasteiger partial charge in [-0.15, -0.1) is 0 Å². The third-order valence-corrected chi connectivity index (χ3v) is 3.11. The van der Waals surface area contributed by atoms with Crippen LogP contribution in [0.4, 0.5) is 0 Å². The lowest BCUT2D eigenvalue weighted by atomic mass is 10.2. The lowest BCUT2D eigenvalue weighted by molar-refractivity contribution is 0.108. The van der Waals surface area contributed by atoms with Gasteiger partial charge in [0.15, 0.2) is 10.1 Å². The van der Waals surface area contributed by atoms with Crippen molar-refractivity contribution >= 4 is 34.5 Å². The highest BCUT2D eigenvalue weighted by Gasteiger charge is 2.04. The number of rotatable bonds is 4. The number of thiocarbonyl (C=S) groups is 2. The third kappa shape index (κ3) is 4.12. The monoisotopic (exact) mass is 288 g/mol. The first-order chi connectivity index (χ1) is 9.27. The minimum Gasteiger partial charge on any atom is -0.446 e. The second-order valence-corrected chi connectivity index (χ2v) is 4.46. The Morgan fingerprint density at radius 2 is 1.05 bits per heavy atom. The Bertz CT molecular complexity index is 501. The van der Waals surface area contributed by atoms with Gasteiger partial charge in [-0.25, -0.2) is 0 Å². The van der Waals surface area contributed by atoms with Gasteiger partial charge in [-0.3, -0.25) is 0 Å². The summed E-state index contributed by atoms with van der Waals surface area (Å²) in [5.74, 6) is 0. The van der Waals surface area contributed by atoms with Gasteiger partial charge in [0, 0.05) is 11.1 Å². The predicted molar refractivity (Wildman–Crippen MR) is 83.3 cm³/mol. The molecule has 19 heavy (non-hydrogen) atoms. The Kier molecular flexibility index (Phi) is 5.01. The summed E-state index contributed by atoms with van der Waals surface area (Å²) in [6, 6.07) is 19.0. The van der Waals surface area contributed by atoms with Crippen LogP contribution in [0, 0.1) is 0 Å². The van der Waals surface area contributed by atoms with E-state index in [1.54, 1.807) is 0 Å². The van der Waals surface area contributed by atoms with E-state index in [-0.39, 0.29) is 6.79 Å². The Balaban J connectivity index is 1.81. The van der Waals surface area contributed by atoms with Crippen LogP contribution < -0.4 is 0 Å². The first kappa shape index (κ1) is 13.6. The predicted octanol–water partition coefficient (Wildman–Crippen LogP) is 3.73. The maximum Gasteiger partial charge on any atom is 0.233 e. The Morgan fingerprint density at radius 3 is 1.42 bits per heavy atom. The van der Waals surface area contributed by atoms with Crippen molar-refractivity contribution in [1.29, 1.82) is 0 Å². The van der Waals surface area contributed by atoms with Crippen LogP contribution >= 0.6 is 24.4 Å². The molecule has 0 atom stereocenters. The third-order valence-electron chi connectivity index (χ3n) is 2.40. The first-order valence-electron chi connectivity index (χ1n) is 5.72. The van der Waals surface area contributed by atoms with Crippen LogP contribution in [-0.4, -0.2) is 16.9 Å². The van der Waals surface area contributed by atoms with Gasteiger partial charge >= 0.3 is 0 Å². The molecule has 0 aromatic heterocycles. The zero-order chi connectivity index (χ0) is 13.5. The van der Waals surface area contributed by atoms with Crippen molar-refractivity contribution in [3.8, 4) is 0 Å². The van der Waals surface area contributed by atoms with E-state index in [2.05, 4.69) is 0 Å². The molecule has 0 saturated heterocycles. The topological polar surface area (TPSA) is 18.5 Å². The van der Waals surface area contributed by atoms with Crippen molar-refractivity contribution in [2.45, 2.75) is 0 Å². The smallest absolute Gasteiger partial charge is 0.233 e. The molecule has 2 aromatic rings. The van der Waals surface area contributed by atoms with E-state index in [1.165, 1.54) is 0 Å². The molecule has 2 rings (SSSR count). The summed E-state index contributed by atoms with van der Waals surface area (Å²) in [6.07, 6.45) is 0. The molecule has 2 aromatic carbocycles. The minimum atomic E-state index is 0.0153. The van der Waals surface area contributed by atoms with E-state index in [0.717, 1.165) is 11.1 Å². The van der Waals surface area contributed by atoms with Gasteiger partial charge in [-0.1, -0.05) is 60.7 Å². The average molecular weight is 288 g/mol. The van der Waals surface area contributed by atoms with Crippen LogP contribution in [0.25, 0.3) is 0 Å². The van der Waals surface area contributed by atoms with Gasteiger partial charge in [0.1, 0.15) is 0 Å². The molecule has 0 spiro atoms. The fraction of sp³-hybridized carbons (Fsp3) is 0.0667. The van der Waals surface area contributed by atoms with Crippen LogP contribution in [0.15, 0.2) is 60.7 Å². The van der Waals surface area contributed by atoms with E-state index in [9.17, 15) is 0 Å². The van der Waals surface area contributed by atoms with Crippen LogP contribution in [0.5, 0.6) is 0 Å². The molecule has 0 bridgehead atoms. The fourth-order valence-electron chi connectivity index (χ4n) is 1.45. The summed E-state index contributed by atoms with van der Waals surface area (Å²) in [5.41, 5.74) is 1.71. The van der Waals surface area contributed by atoms with Crippen molar-refractivity contribution < 1.29 is 9.47 Å². The van der Waals surface area contributed by atoms with Crippen LogP contribution in [0.3, 0.4) is 0 Å². The van der Waals surface area contributed by atoms with E-state index in [0.29, 0.717) is 10.1 Å². The number of hydrogen-bond donors (Lipinski definition) is 0. The van der Waals surface area contributed by atoms with Gasteiger partial charge in [0.05, 0.1) is 0 Å². The average Bonchev–Trinajstić information content (AvgIpc) is 2.49. The van der Waals surface area contributed by atoms with Crippen molar-refractivity contribution in [1.82, 2.24) is 0 Å². The summed E-state index contributed by atoms with van der Waals surface area (Å²) in [4.78, 5) is 0. The van der Waals surface area contributed by atoms with E-state index < -0.39 is 0 Å². The van der Waals surface area contributed by atoms with Crippen molar-refractivity contribution in [3.05, 3.63) is 71.8 Å². The van der Waals surface area contributed by atoms with Crippen LogP contribution in [0.1, 0.15) is 11.1 Å². The molecule has 96 valence electrons. The first-order valence-corrected chi connectivity index (χ1v) is 6.53. The normalized spacial score (nSPS) is 9.68. The molecular formula is C15H12O2S2. The molecule has 0 aliphatic heterocycles. The Morgan fingerprint density at radius 1 is 0.684 bits per heavy atom. The van der Waals surface area contributed by atoms with E-state index in [4.69, 9.17) is 33.9 Å². The number of hydrogen-bond acceptors (Lipinski definition) is 4. The highest BCUT2D eigenvalue weighted by molar-refractivity contribution is 7.80. The molecule has 0 aliphatic rings. The standard InChI is InChI=1S/C15H12O2S2/c18-14(12-7-3-1-4-8-12)16-11-17-15(19)13-9-5-2-6-10-13/h1-10H,11H2. The SMILES string of the molecule is S=C(OCOC(=S)c1ccccc1)c1ccccc1. The quantitative estimate of drug-likeness (QED) is 0.630. The maximum atomic E-state index is 5.34. The number of benzene rings is 2. The second-order valence-electron chi connectivity index (χ2n) is 3.71. The molecule has 0 saturated carbocycles. The molecular weight excluding hydrogens is 276 g/mol. The van der Waals surface area contributed by atoms with Crippen LogP contribution in [0.2, 0.25) is 0 Å². The second kappa shape index (κ2) is 6.97. The van der Waals surface area contributed by atoms with Gasteiger partial charge in [0.25, 0.3) is 0 Å². The zero-order valence-electron chi connectivity index (χ0n) is 10.1. The molecule has 4 heteroatoms. The Hall–Kier alpha value is -1.78. The van der Waals surface area contributed by atoms with Crippen molar-refractivity contribution in [2.24, 2.45) is 0 Å². The molecule has 2 nitrogen and oxygen atoms in total. The highest BCUT2D eigenvalue weighted by Crippen LogP contribution is 2.05. The Labute approximate surface area is 123 Å². The van der Waals surface area contributed by atoms with Gasteiger partial charge in [-0.05, 0) is 24.4 Å². The van der Waals surface area contributed by atoms with Gasteiger partial charge in [-0.2, -0.15) is 0 Å². The van der Waals surface area contributed by atoms with Crippen molar-refractivity contribution in [3.63, 3.8) is 0 Å². The molecule has 0 heterocycles. The summed E-state index contributed by atoms with van der Waals surface area (Å²) >= 11 is 10.3. The molecule has 0 aliphatic carbocycles. The largest absolute Gasteiger partial charge is 0.446 e. The minimum absolute atomic E-state index is 0.0153. The molecule has 0 fully saturated rings. The highest BCUT2D eigenvalue weighted by atomic mass is 32.1. The summed E-state index contributed by atoms with van der Waals surface area (Å²) in [7, 11) is 0.